The van der Waals surface area contributed by atoms with Crippen LogP contribution in [0.3, 0.4) is 0 Å². The van der Waals surface area contributed by atoms with Gasteiger partial charge in [0.2, 0.25) is 5.91 Å². The topological polar surface area (TPSA) is 97.0 Å². The molecule has 3 aliphatic rings. The van der Waals surface area contributed by atoms with E-state index in [1.165, 1.54) is 31.4 Å². The number of hydrogen-bond acceptors (Lipinski definition) is 8. The Kier molecular flexibility index (Phi) is 6.26. The maximum absolute atomic E-state index is 12.4. The second-order valence-electron chi connectivity index (χ2n) is 7.48. The number of benzene rings is 1. The molecule has 12 heteroatoms. The van der Waals surface area contributed by atoms with E-state index in [4.69, 9.17) is 14.2 Å². The summed E-state index contributed by atoms with van der Waals surface area (Å²) >= 11 is 0. The molecule has 0 aliphatic carbocycles. The summed E-state index contributed by atoms with van der Waals surface area (Å²) < 4.78 is 57.3. The Hall–Kier alpha value is -2.83. The zero-order valence-electron chi connectivity index (χ0n) is 17.4. The van der Waals surface area contributed by atoms with Crippen LogP contribution in [0.15, 0.2) is 41.2 Å². The molecule has 174 valence electrons. The Labute approximate surface area is 182 Å². The van der Waals surface area contributed by atoms with Crippen molar-refractivity contribution in [1.82, 2.24) is 15.5 Å². The minimum Gasteiger partial charge on any atom is -0.499 e. The van der Waals surface area contributed by atoms with Gasteiger partial charge < -0.3 is 29.2 Å². The molecular formula is C20H23F3N4O5. The number of amides is 1. The molecule has 0 radical (unpaired) electrons. The number of carbonyl (C=O) groups excluding carboxylic acids is 1. The molecule has 0 saturated carbocycles. The van der Waals surface area contributed by atoms with Gasteiger partial charge in [0.1, 0.15) is 23.9 Å². The van der Waals surface area contributed by atoms with Crippen molar-refractivity contribution < 1.29 is 36.9 Å². The normalized spacial score (nSPS) is 25.8. The number of nitrogens with one attached hydrogen (secondary N) is 2. The highest BCUT2D eigenvalue weighted by molar-refractivity contribution is 5.99. The SMILES string of the molecule is COCC(NC1OC1N1CC(=O)NC2CC(OC)=CN=C21)c1ccc(OC(F)(F)F)cc1. The molecule has 4 rings (SSSR count). The van der Waals surface area contributed by atoms with Gasteiger partial charge >= 0.3 is 6.36 Å². The summed E-state index contributed by atoms with van der Waals surface area (Å²) in [4.78, 5) is 18.4. The highest BCUT2D eigenvalue weighted by Gasteiger charge is 2.50. The molecule has 9 nitrogen and oxygen atoms in total. The van der Waals surface area contributed by atoms with E-state index in [1.54, 1.807) is 18.2 Å². The lowest BCUT2D eigenvalue weighted by atomic mass is 10.1. The third kappa shape index (κ3) is 5.14. The average Bonchev–Trinajstić information content (AvgIpc) is 3.50. The molecule has 0 aromatic heterocycles. The first-order valence-corrected chi connectivity index (χ1v) is 9.90. The number of amidine groups is 1. The van der Waals surface area contributed by atoms with Crippen LogP contribution in [-0.2, 0) is 19.0 Å². The van der Waals surface area contributed by atoms with E-state index in [1.807, 2.05) is 0 Å². The maximum atomic E-state index is 12.4. The summed E-state index contributed by atoms with van der Waals surface area (Å²) in [7, 11) is 3.08. The second kappa shape index (κ2) is 8.96. The number of piperazine rings is 1. The van der Waals surface area contributed by atoms with Crippen molar-refractivity contribution in [2.75, 3.05) is 27.4 Å². The predicted octanol–water partition coefficient (Wildman–Crippen LogP) is 1.64. The number of rotatable bonds is 8. The molecular weight excluding hydrogens is 433 g/mol. The third-order valence-electron chi connectivity index (χ3n) is 5.25. The first kappa shape index (κ1) is 22.4. The number of methoxy groups -OCH3 is 2. The van der Waals surface area contributed by atoms with Gasteiger partial charge in [0.25, 0.3) is 0 Å². The summed E-state index contributed by atoms with van der Waals surface area (Å²) in [6.45, 7) is 0.364. The van der Waals surface area contributed by atoms with Crippen LogP contribution in [0, 0.1) is 0 Å². The summed E-state index contributed by atoms with van der Waals surface area (Å²) in [6.07, 6.45) is -3.45. The van der Waals surface area contributed by atoms with Gasteiger partial charge in [0, 0.05) is 13.5 Å². The molecule has 0 spiro atoms. The molecule has 3 aliphatic heterocycles. The van der Waals surface area contributed by atoms with Crippen LogP contribution in [0.5, 0.6) is 5.75 Å². The lowest BCUT2D eigenvalue weighted by molar-refractivity contribution is -0.274. The van der Waals surface area contributed by atoms with Gasteiger partial charge in [-0.2, -0.15) is 0 Å². The zero-order valence-corrected chi connectivity index (χ0v) is 17.4. The van der Waals surface area contributed by atoms with E-state index in [-0.39, 0.29) is 36.9 Å². The molecule has 0 bridgehead atoms. The Morgan fingerprint density at radius 2 is 2.06 bits per heavy atom. The molecule has 2 saturated heterocycles. The largest absolute Gasteiger partial charge is 0.573 e. The predicted molar refractivity (Wildman–Crippen MR) is 105 cm³/mol. The lowest BCUT2D eigenvalue weighted by Gasteiger charge is -2.36. The van der Waals surface area contributed by atoms with E-state index in [9.17, 15) is 18.0 Å². The summed E-state index contributed by atoms with van der Waals surface area (Å²) in [5.41, 5.74) is 0.701. The van der Waals surface area contributed by atoms with E-state index >= 15 is 0 Å². The van der Waals surface area contributed by atoms with Crippen LogP contribution in [0.1, 0.15) is 18.0 Å². The minimum absolute atomic E-state index is 0.104. The highest BCUT2D eigenvalue weighted by Crippen LogP contribution is 2.32. The van der Waals surface area contributed by atoms with Gasteiger partial charge in [0.15, 0.2) is 12.5 Å². The molecule has 2 N–H and O–H groups in total. The molecule has 1 aromatic rings. The summed E-state index contributed by atoms with van der Waals surface area (Å²) in [5, 5.41) is 6.17. The fourth-order valence-electron chi connectivity index (χ4n) is 3.77. The van der Waals surface area contributed by atoms with Gasteiger partial charge in [-0.3, -0.25) is 10.1 Å². The van der Waals surface area contributed by atoms with Gasteiger partial charge in [-0.1, -0.05) is 12.1 Å². The average molecular weight is 456 g/mol. The Balaban J connectivity index is 1.43. The van der Waals surface area contributed by atoms with Gasteiger partial charge in [0.05, 0.1) is 32.0 Å². The number of hydrogen-bond donors (Lipinski definition) is 2. The van der Waals surface area contributed by atoms with E-state index in [0.29, 0.717) is 23.6 Å². The number of nitrogens with zero attached hydrogens (tertiary/aromatic N) is 2. The van der Waals surface area contributed by atoms with Gasteiger partial charge in [-0.15, -0.1) is 13.2 Å². The molecule has 3 heterocycles. The lowest BCUT2D eigenvalue weighted by Crippen LogP contribution is -2.60. The van der Waals surface area contributed by atoms with Gasteiger partial charge in [-0.05, 0) is 17.7 Å². The van der Waals surface area contributed by atoms with Crippen molar-refractivity contribution in [2.45, 2.75) is 37.3 Å². The Morgan fingerprint density at radius 1 is 1.31 bits per heavy atom. The van der Waals surface area contributed by atoms with Crippen molar-refractivity contribution in [3.8, 4) is 5.75 Å². The smallest absolute Gasteiger partial charge is 0.499 e. The number of ether oxygens (including phenoxy) is 4. The fraction of sp³-hybridized carbons (Fsp3) is 0.500. The monoisotopic (exact) mass is 456 g/mol. The number of fused-ring (bicyclic) bond motifs is 1. The first-order chi connectivity index (χ1) is 15.3. The number of carbonyl (C=O) groups is 1. The standard InChI is InChI=1S/C20H23F3N4O5/c1-29-10-15(11-3-5-12(6-4-11)32-20(21,22)23)26-18-19(31-18)27-9-16(28)25-14-7-13(30-2)8-24-17(14)27/h3-6,8,14-15,18-19,26H,7,9-10H2,1-2H3,(H,25,28). The van der Waals surface area contributed by atoms with Crippen LogP contribution in [0.25, 0.3) is 0 Å². The first-order valence-electron chi connectivity index (χ1n) is 9.90. The van der Waals surface area contributed by atoms with Crippen LogP contribution >= 0.6 is 0 Å². The van der Waals surface area contributed by atoms with E-state index < -0.39 is 18.8 Å². The molecule has 32 heavy (non-hydrogen) atoms. The van der Waals surface area contributed by atoms with Gasteiger partial charge in [-0.25, -0.2) is 4.99 Å². The quantitative estimate of drug-likeness (QED) is 0.574. The Bertz CT molecular complexity index is 905. The summed E-state index contributed by atoms with van der Waals surface area (Å²) in [6, 6.07) is 4.90. The summed E-state index contributed by atoms with van der Waals surface area (Å²) in [5.74, 6) is 0.915. The van der Waals surface area contributed by atoms with Crippen LogP contribution in [0.4, 0.5) is 13.2 Å². The molecule has 4 atom stereocenters. The Morgan fingerprint density at radius 3 is 2.72 bits per heavy atom. The number of halogens is 3. The number of aliphatic imine (C=N–C) groups is 1. The van der Waals surface area contributed by atoms with Crippen molar-refractivity contribution in [3.05, 3.63) is 41.8 Å². The molecule has 2 fully saturated rings. The minimum atomic E-state index is -4.75. The van der Waals surface area contributed by atoms with Crippen molar-refractivity contribution >= 4 is 11.7 Å². The highest BCUT2D eigenvalue weighted by atomic mass is 19.4. The second-order valence-corrected chi connectivity index (χ2v) is 7.48. The zero-order chi connectivity index (χ0) is 22.9. The fourth-order valence-corrected chi connectivity index (χ4v) is 3.77. The maximum Gasteiger partial charge on any atom is 0.573 e. The van der Waals surface area contributed by atoms with Crippen molar-refractivity contribution in [1.29, 1.82) is 0 Å². The van der Waals surface area contributed by atoms with Crippen molar-refractivity contribution in [2.24, 2.45) is 4.99 Å². The van der Waals surface area contributed by atoms with E-state index in [2.05, 4.69) is 20.4 Å². The van der Waals surface area contributed by atoms with Crippen LogP contribution < -0.4 is 15.4 Å². The van der Waals surface area contributed by atoms with Crippen LogP contribution in [0.2, 0.25) is 0 Å². The third-order valence-corrected chi connectivity index (χ3v) is 5.25. The molecule has 1 amide bonds. The van der Waals surface area contributed by atoms with Crippen LogP contribution in [-0.4, -0.2) is 68.9 Å². The number of epoxide rings is 1. The van der Waals surface area contributed by atoms with Crippen molar-refractivity contribution in [3.63, 3.8) is 0 Å². The molecule has 4 unspecified atom stereocenters. The molecule has 1 aromatic carbocycles. The number of alkyl halides is 3. The van der Waals surface area contributed by atoms with E-state index in [0.717, 1.165) is 0 Å².